The number of benzene rings is 1. The lowest BCUT2D eigenvalue weighted by atomic mass is 9.79. The molecular formula is C22H32N6O. The lowest BCUT2D eigenvalue weighted by molar-refractivity contribution is 0.177. The predicted octanol–water partition coefficient (Wildman–Crippen LogP) is 2.42. The van der Waals surface area contributed by atoms with E-state index in [1.165, 1.54) is 31.2 Å². The molecule has 0 amide bonds. The Balaban J connectivity index is 1.37. The summed E-state index contributed by atoms with van der Waals surface area (Å²) in [6, 6.07) is 11.2. The molecule has 1 fully saturated rings. The molecule has 2 N–H and O–H groups in total. The minimum absolute atomic E-state index is 0.208. The average Bonchev–Trinajstić information content (AvgIpc) is 3.39. The van der Waals surface area contributed by atoms with Crippen molar-refractivity contribution in [2.24, 2.45) is 4.99 Å². The second-order valence-corrected chi connectivity index (χ2v) is 8.22. The molecule has 2 aliphatic rings. The van der Waals surface area contributed by atoms with E-state index in [-0.39, 0.29) is 5.41 Å². The van der Waals surface area contributed by atoms with Gasteiger partial charge in [-0.3, -0.25) is 4.99 Å². The minimum atomic E-state index is 0.208. The molecule has 1 aliphatic carbocycles. The number of nitrogens with one attached hydrogen (secondary N) is 2. The van der Waals surface area contributed by atoms with E-state index in [0.29, 0.717) is 12.6 Å². The molecule has 1 aromatic carbocycles. The number of aliphatic imine (C=N–C) groups is 1. The summed E-state index contributed by atoms with van der Waals surface area (Å²) in [5.41, 5.74) is 1.65. The molecule has 0 saturated heterocycles. The monoisotopic (exact) mass is 396 g/mol. The fourth-order valence-electron chi connectivity index (χ4n) is 4.72. The minimum Gasteiger partial charge on any atom is -0.377 e. The van der Waals surface area contributed by atoms with Crippen LogP contribution in [0.1, 0.15) is 49.3 Å². The second-order valence-electron chi connectivity index (χ2n) is 8.22. The third-order valence-corrected chi connectivity index (χ3v) is 6.28. The van der Waals surface area contributed by atoms with Crippen LogP contribution in [0.15, 0.2) is 35.3 Å². The van der Waals surface area contributed by atoms with E-state index in [2.05, 4.69) is 56.0 Å². The van der Waals surface area contributed by atoms with Gasteiger partial charge in [0.25, 0.3) is 0 Å². The summed E-state index contributed by atoms with van der Waals surface area (Å²) in [6.45, 7) is 2.18. The fraction of sp³-hybridized carbons (Fsp3) is 0.591. The highest BCUT2D eigenvalue weighted by Crippen LogP contribution is 2.40. The normalized spacial score (nSPS) is 21.0. The first kappa shape index (κ1) is 19.9. The topological polar surface area (TPSA) is 76.4 Å². The highest BCUT2D eigenvalue weighted by atomic mass is 16.5. The summed E-state index contributed by atoms with van der Waals surface area (Å²) >= 11 is 0. The zero-order valence-electron chi connectivity index (χ0n) is 17.5. The van der Waals surface area contributed by atoms with Crippen LogP contribution >= 0.6 is 0 Å². The van der Waals surface area contributed by atoms with Gasteiger partial charge in [-0.1, -0.05) is 43.2 Å². The summed E-state index contributed by atoms with van der Waals surface area (Å²) in [6.07, 6.45) is 6.99. The molecule has 2 heterocycles. The summed E-state index contributed by atoms with van der Waals surface area (Å²) in [5, 5.41) is 11.8. The van der Waals surface area contributed by atoms with Crippen molar-refractivity contribution >= 4 is 5.96 Å². The van der Waals surface area contributed by atoms with Crippen LogP contribution in [-0.2, 0) is 29.7 Å². The zero-order valence-corrected chi connectivity index (χ0v) is 17.5. The maximum atomic E-state index is 5.16. The molecule has 29 heavy (non-hydrogen) atoms. The first-order valence-electron chi connectivity index (χ1n) is 10.7. The fourth-order valence-corrected chi connectivity index (χ4v) is 4.72. The van der Waals surface area contributed by atoms with E-state index >= 15 is 0 Å². The molecule has 0 radical (unpaired) electrons. The van der Waals surface area contributed by atoms with Gasteiger partial charge in [-0.2, -0.15) is 5.10 Å². The molecule has 7 nitrogen and oxygen atoms in total. The van der Waals surface area contributed by atoms with Gasteiger partial charge in [-0.05, 0) is 24.8 Å². The summed E-state index contributed by atoms with van der Waals surface area (Å²) in [7, 11) is 3.52. The molecule has 4 rings (SSSR count). The van der Waals surface area contributed by atoms with E-state index < -0.39 is 0 Å². The Labute approximate surface area is 173 Å². The van der Waals surface area contributed by atoms with Crippen molar-refractivity contribution in [2.75, 3.05) is 20.7 Å². The molecule has 156 valence electrons. The van der Waals surface area contributed by atoms with Crippen molar-refractivity contribution in [1.82, 2.24) is 25.4 Å². The van der Waals surface area contributed by atoms with Gasteiger partial charge in [0, 0.05) is 38.6 Å². The lowest BCUT2D eigenvalue weighted by Gasteiger charge is -2.32. The van der Waals surface area contributed by atoms with Gasteiger partial charge in [0.05, 0.1) is 6.54 Å². The molecule has 1 aliphatic heterocycles. The number of rotatable bonds is 6. The van der Waals surface area contributed by atoms with Gasteiger partial charge in [-0.25, -0.2) is 9.67 Å². The largest absolute Gasteiger partial charge is 0.377 e. The molecule has 1 unspecified atom stereocenters. The van der Waals surface area contributed by atoms with E-state index in [4.69, 9.17) is 4.74 Å². The second kappa shape index (κ2) is 8.95. The maximum absolute atomic E-state index is 5.16. The SMILES string of the molecule is CN=C(NCC1(c2ccccc2)CCCC1)NC1CCc2nc(COC)nn2C1. The number of hydrogen-bond acceptors (Lipinski definition) is 4. The molecule has 0 bridgehead atoms. The number of fused-ring (bicyclic) bond motifs is 1. The van der Waals surface area contributed by atoms with Crippen LogP contribution in [0.5, 0.6) is 0 Å². The first-order valence-corrected chi connectivity index (χ1v) is 10.7. The standard InChI is InChI=1S/C22H32N6O/c1-23-21(24-16-22(12-6-7-13-22)17-8-4-3-5-9-17)25-18-10-11-20-26-19(15-29-2)27-28(20)14-18/h3-5,8-9,18H,6-7,10-16H2,1-2H3,(H2,23,24,25). The molecule has 7 heteroatoms. The number of aromatic nitrogens is 3. The highest BCUT2D eigenvalue weighted by molar-refractivity contribution is 5.80. The number of nitrogens with zero attached hydrogens (tertiary/aromatic N) is 4. The molecule has 1 saturated carbocycles. The third kappa shape index (κ3) is 4.45. The van der Waals surface area contributed by atoms with Gasteiger partial charge in [-0.15, -0.1) is 0 Å². The van der Waals surface area contributed by atoms with E-state index in [1.54, 1.807) is 7.11 Å². The van der Waals surface area contributed by atoms with Gasteiger partial charge in [0.15, 0.2) is 11.8 Å². The first-order chi connectivity index (χ1) is 14.2. The average molecular weight is 397 g/mol. The van der Waals surface area contributed by atoms with Gasteiger partial charge < -0.3 is 15.4 Å². The van der Waals surface area contributed by atoms with Crippen LogP contribution in [0.4, 0.5) is 0 Å². The van der Waals surface area contributed by atoms with Crippen molar-refractivity contribution in [3.05, 3.63) is 47.5 Å². The van der Waals surface area contributed by atoms with Crippen molar-refractivity contribution in [3.8, 4) is 0 Å². The Bertz CT molecular complexity index is 825. The molecular weight excluding hydrogens is 364 g/mol. The summed E-state index contributed by atoms with van der Waals surface area (Å²) < 4.78 is 7.16. The quantitative estimate of drug-likeness (QED) is 0.579. The van der Waals surface area contributed by atoms with E-state index in [1.807, 2.05) is 11.7 Å². The number of guanidine groups is 1. The van der Waals surface area contributed by atoms with Gasteiger partial charge in [0.1, 0.15) is 12.4 Å². The van der Waals surface area contributed by atoms with Crippen LogP contribution < -0.4 is 10.6 Å². The smallest absolute Gasteiger partial charge is 0.191 e. The Kier molecular flexibility index (Phi) is 6.13. The van der Waals surface area contributed by atoms with Crippen molar-refractivity contribution in [3.63, 3.8) is 0 Å². The van der Waals surface area contributed by atoms with Crippen LogP contribution in [0, 0.1) is 0 Å². The molecule has 1 atom stereocenters. The number of ether oxygens (including phenoxy) is 1. The summed E-state index contributed by atoms with van der Waals surface area (Å²) in [4.78, 5) is 9.05. The van der Waals surface area contributed by atoms with Crippen LogP contribution in [0.25, 0.3) is 0 Å². The molecule has 1 aromatic heterocycles. The maximum Gasteiger partial charge on any atom is 0.191 e. The molecule has 2 aromatic rings. The number of aryl methyl sites for hydroxylation is 1. The van der Waals surface area contributed by atoms with E-state index in [0.717, 1.165) is 43.5 Å². The van der Waals surface area contributed by atoms with Crippen molar-refractivity contribution in [2.45, 2.75) is 63.1 Å². The summed E-state index contributed by atoms with van der Waals surface area (Å²) in [5.74, 6) is 2.68. The number of hydrogen-bond donors (Lipinski definition) is 2. The molecule has 0 spiro atoms. The highest BCUT2D eigenvalue weighted by Gasteiger charge is 2.35. The Hall–Kier alpha value is -2.41. The zero-order chi connectivity index (χ0) is 20.1. The van der Waals surface area contributed by atoms with E-state index in [9.17, 15) is 0 Å². The van der Waals surface area contributed by atoms with Crippen LogP contribution in [0.2, 0.25) is 0 Å². The van der Waals surface area contributed by atoms with Crippen LogP contribution in [0.3, 0.4) is 0 Å². The Morgan fingerprint density at radius 1 is 1.28 bits per heavy atom. The van der Waals surface area contributed by atoms with Crippen molar-refractivity contribution < 1.29 is 4.74 Å². The Morgan fingerprint density at radius 2 is 2.07 bits per heavy atom. The lowest BCUT2D eigenvalue weighted by Crippen LogP contribution is -2.50. The van der Waals surface area contributed by atoms with Crippen molar-refractivity contribution in [1.29, 1.82) is 0 Å². The Morgan fingerprint density at radius 3 is 2.79 bits per heavy atom. The third-order valence-electron chi connectivity index (χ3n) is 6.28. The van der Waals surface area contributed by atoms with Crippen LogP contribution in [-0.4, -0.2) is 47.5 Å². The van der Waals surface area contributed by atoms with Gasteiger partial charge in [0.2, 0.25) is 0 Å². The van der Waals surface area contributed by atoms with Gasteiger partial charge >= 0.3 is 0 Å². The predicted molar refractivity (Wildman–Crippen MR) is 114 cm³/mol. The number of methoxy groups -OCH3 is 1.